The van der Waals surface area contributed by atoms with E-state index in [4.69, 9.17) is 14.6 Å². The summed E-state index contributed by atoms with van der Waals surface area (Å²) in [5, 5.41) is 29.9. The second-order valence-corrected chi connectivity index (χ2v) is 9.83. The van der Waals surface area contributed by atoms with E-state index in [9.17, 15) is 15.0 Å². The van der Waals surface area contributed by atoms with Crippen LogP contribution in [0, 0.1) is 11.8 Å². The molecule has 0 aromatic heterocycles. The van der Waals surface area contributed by atoms with Crippen LogP contribution in [0.3, 0.4) is 0 Å². The van der Waals surface area contributed by atoms with Gasteiger partial charge in [-0.05, 0) is 50.5 Å². The number of aliphatic hydroxyl groups is 2. The number of unbranched alkanes of at least 4 members (excludes halogenated alkanes) is 3. The smallest absolute Gasteiger partial charge is 0.303 e. The van der Waals surface area contributed by atoms with Crippen LogP contribution in [0.5, 0.6) is 0 Å². The third kappa shape index (κ3) is 6.89. The van der Waals surface area contributed by atoms with E-state index in [1.54, 1.807) is 0 Å². The van der Waals surface area contributed by atoms with E-state index in [-0.39, 0.29) is 30.5 Å². The van der Waals surface area contributed by atoms with Gasteiger partial charge >= 0.3 is 5.97 Å². The zero-order valence-electron chi connectivity index (χ0n) is 19.5. The van der Waals surface area contributed by atoms with Crippen molar-refractivity contribution in [3.05, 3.63) is 24.3 Å². The summed E-state index contributed by atoms with van der Waals surface area (Å²) in [6, 6.07) is 0. The normalized spacial score (nSPS) is 37.5. The van der Waals surface area contributed by atoms with Crippen molar-refractivity contribution < 1.29 is 29.6 Å². The Kier molecular flexibility index (Phi) is 9.77. The number of hydrogen-bond acceptors (Lipinski definition) is 5. The maximum Gasteiger partial charge on any atom is 0.303 e. The van der Waals surface area contributed by atoms with Crippen molar-refractivity contribution in [1.82, 2.24) is 0 Å². The van der Waals surface area contributed by atoms with Crippen LogP contribution in [-0.2, 0) is 14.3 Å². The Bertz CT molecular complexity index is 630. The quantitative estimate of drug-likeness (QED) is 0.294. The van der Waals surface area contributed by atoms with Crippen LogP contribution in [0.2, 0.25) is 0 Å². The van der Waals surface area contributed by atoms with E-state index >= 15 is 0 Å². The minimum absolute atomic E-state index is 0.0617. The maximum atomic E-state index is 10.6. The molecule has 0 aromatic carbocycles. The summed E-state index contributed by atoms with van der Waals surface area (Å²) in [5.74, 6) is -1.69. The van der Waals surface area contributed by atoms with E-state index in [0.29, 0.717) is 25.7 Å². The Morgan fingerprint density at radius 3 is 2.41 bits per heavy atom. The number of fused-ring (bicyclic) bond motifs is 1. The molecule has 0 aromatic rings. The van der Waals surface area contributed by atoms with E-state index in [1.165, 1.54) is 12.8 Å². The molecule has 2 aliphatic carbocycles. The number of allylic oxidation sites excluding steroid dienone is 2. The van der Waals surface area contributed by atoms with Gasteiger partial charge in [0, 0.05) is 25.2 Å². The fraction of sp³-hybridized carbons (Fsp3) is 0.808. The Labute approximate surface area is 192 Å². The average molecular weight is 451 g/mol. The van der Waals surface area contributed by atoms with Gasteiger partial charge in [-0.15, -0.1) is 0 Å². The lowest BCUT2D eigenvalue weighted by atomic mass is 9.89. The molecule has 6 heteroatoms. The minimum Gasteiger partial charge on any atom is -0.481 e. The molecule has 3 fully saturated rings. The molecule has 3 aliphatic rings. The number of rotatable bonds is 12. The number of hydrogen-bond donors (Lipinski definition) is 3. The summed E-state index contributed by atoms with van der Waals surface area (Å²) in [4.78, 5) is 10.6. The molecule has 0 radical (unpaired) electrons. The molecule has 3 rings (SSSR count). The van der Waals surface area contributed by atoms with Gasteiger partial charge < -0.3 is 24.8 Å². The number of carboxylic acids is 1. The van der Waals surface area contributed by atoms with Gasteiger partial charge in [-0.1, -0.05) is 50.8 Å². The molecule has 0 amide bonds. The zero-order chi connectivity index (χ0) is 23.0. The fourth-order valence-electron chi connectivity index (χ4n) is 5.48. The largest absolute Gasteiger partial charge is 0.481 e. The summed E-state index contributed by atoms with van der Waals surface area (Å²) < 4.78 is 13.0. The predicted octanol–water partition coefficient (Wildman–Crippen LogP) is 4.74. The summed E-state index contributed by atoms with van der Waals surface area (Å²) >= 11 is 0. The lowest BCUT2D eigenvalue weighted by Gasteiger charge is -2.27. The van der Waals surface area contributed by atoms with Crippen LogP contribution >= 0.6 is 0 Å². The molecule has 182 valence electrons. The molecule has 1 saturated heterocycles. The van der Waals surface area contributed by atoms with Crippen molar-refractivity contribution in [3.8, 4) is 0 Å². The minimum atomic E-state index is -0.776. The molecule has 3 N–H and O–H groups in total. The van der Waals surface area contributed by atoms with Gasteiger partial charge in [0.25, 0.3) is 0 Å². The van der Waals surface area contributed by atoms with Crippen molar-refractivity contribution in [2.75, 3.05) is 0 Å². The molecule has 0 bridgehead atoms. The Morgan fingerprint density at radius 2 is 1.75 bits per heavy atom. The van der Waals surface area contributed by atoms with Crippen LogP contribution in [0.25, 0.3) is 0 Å². The topological polar surface area (TPSA) is 96.2 Å². The first kappa shape index (κ1) is 25.4. The highest BCUT2D eigenvalue weighted by molar-refractivity contribution is 5.66. The zero-order valence-corrected chi connectivity index (χ0v) is 19.5. The maximum absolute atomic E-state index is 10.6. The van der Waals surface area contributed by atoms with Gasteiger partial charge in [0.2, 0.25) is 0 Å². The van der Waals surface area contributed by atoms with Gasteiger partial charge in [-0.3, -0.25) is 4.79 Å². The van der Waals surface area contributed by atoms with Crippen LogP contribution in [-0.4, -0.2) is 51.5 Å². The van der Waals surface area contributed by atoms with Crippen molar-refractivity contribution in [3.63, 3.8) is 0 Å². The lowest BCUT2D eigenvalue weighted by molar-refractivity contribution is -0.142. The average Bonchev–Trinajstić information content (AvgIpc) is 3.25. The van der Waals surface area contributed by atoms with Crippen LogP contribution in [0.4, 0.5) is 0 Å². The van der Waals surface area contributed by atoms with Gasteiger partial charge in [0.1, 0.15) is 0 Å². The molecular formula is C26H42O6. The third-order valence-corrected chi connectivity index (χ3v) is 7.30. The van der Waals surface area contributed by atoms with Gasteiger partial charge in [0.05, 0.1) is 24.4 Å². The van der Waals surface area contributed by atoms with Crippen LogP contribution in [0.1, 0.15) is 90.4 Å². The van der Waals surface area contributed by atoms with Crippen LogP contribution in [0.15, 0.2) is 24.3 Å². The van der Waals surface area contributed by atoms with E-state index in [1.807, 2.05) is 24.3 Å². The fourth-order valence-corrected chi connectivity index (χ4v) is 5.48. The molecule has 2 unspecified atom stereocenters. The molecule has 32 heavy (non-hydrogen) atoms. The summed E-state index contributed by atoms with van der Waals surface area (Å²) in [7, 11) is 0. The van der Waals surface area contributed by atoms with Crippen molar-refractivity contribution in [2.24, 2.45) is 11.8 Å². The van der Waals surface area contributed by atoms with Crippen LogP contribution < -0.4 is 0 Å². The number of carboxylic acid groups (broad SMARTS) is 1. The standard InChI is InChI=1S/C26H42O6/c1-2-3-10-16-26(31-23-12-8-9-13-24(23)32-26)17-15-20-19(21(27)18-22(20)28)11-6-4-5-7-14-25(29)30/h4,6,15,17,19-24,27-28H,2-3,5,7-14,16,18H2,1H3,(H,29,30)/b6-4-,17-15+/t19-,20-,21+,22-,23?,24?,26?/m1/s1. The molecular weight excluding hydrogens is 408 g/mol. The van der Waals surface area contributed by atoms with Gasteiger partial charge in [-0.2, -0.15) is 0 Å². The third-order valence-electron chi connectivity index (χ3n) is 7.30. The highest BCUT2D eigenvalue weighted by Crippen LogP contribution is 2.42. The molecule has 1 heterocycles. The molecule has 0 spiro atoms. The Morgan fingerprint density at radius 1 is 1.03 bits per heavy atom. The van der Waals surface area contributed by atoms with E-state index in [0.717, 1.165) is 38.5 Å². The van der Waals surface area contributed by atoms with E-state index in [2.05, 4.69) is 6.92 Å². The molecule has 6 atom stereocenters. The SMILES string of the molecule is CCCCCC1(/C=C/[C@@H]2[C@@H](C/C=C\CCCC(=O)O)[C@@H](O)C[C@H]2O)OC2CCCCC2O1. The number of carbonyl (C=O) groups is 1. The van der Waals surface area contributed by atoms with Crippen molar-refractivity contribution >= 4 is 5.97 Å². The molecule has 1 aliphatic heterocycles. The van der Waals surface area contributed by atoms with Gasteiger partial charge in [-0.25, -0.2) is 0 Å². The van der Waals surface area contributed by atoms with E-state index < -0.39 is 24.0 Å². The monoisotopic (exact) mass is 450 g/mol. The second-order valence-electron chi connectivity index (χ2n) is 9.83. The highest BCUT2D eigenvalue weighted by atomic mass is 16.8. The summed E-state index contributed by atoms with van der Waals surface area (Å²) in [6.07, 6.45) is 18.4. The first-order chi connectivity index (χ1) is 15.4. The number of aliphatic carboxylic acids is 1. The number of ether oxygens (including phenoxy) is 2. The lowest BCUT2D eigenvalue weighted by Crippen LogP contribution is -2.30. The molecule has 6 nitrogen and oxygen atoms in total. The van der Waals surface area contributed by atoms with Crippen molar-refractivity contribution in [1.29, 1.82) is 0 Å². The van der Waals surface area contributed by atoms with Crippen molar-refractivity contribution in [2.45, 2.75) is 121 Å². The second kappa shape index (κ2) is 12.3. The first-order valence-corrected chi connectivity index (χ1v) is 12.7. The number of aliphatic hydroxyl groups excluding tert-OH is 2. The summed E-state index contributed by atoms with van der Waals surface area (Å²) in [6.45, 7) is 2.19. The highest BCUT2D eigenvalue weighted by Gasteiger charge is 2.47. The summed E-state index contributed by atoms with van der Waals surface area (Å²) in [5.41, 5.74) is 0. The first-order valence-electron chi connectivity index (χ1n) is 12.7. The Hall–Kier alpha value is -1.21. The molecule has 2 saturated carbocycles. The predicted molar refractivity (Wildman–Crippen MR) is 123 cm³/mol. The Balaban J connectivity index is 1.64. The van der Waals surface area contributed by atoms with Gasteiger partial charge in [0.15, 0.2) is 5.79 Å².